The van der Waals surface area contributed by atoms with Crippen molar-refractivity contribution in [3.05, 3.63) is 38.5 Å². The van der Waals surface area contributed by atoms with Crippen LogP contribution in [-0.4, -0.2) is 4.98 Å². The van der Waals surface area contributed by atoms with Gasteiger partial charge in [-0.05, 0) is 12.5 Å². The predicted octanol–water partition coefficient (Wildman–Crippen LogP) is 3.42. The molecule has 0 unspecified atom stereocenters. The molecule has 104 valence electrons. The lowest BCUT2D eigenvalue weighted by Gasteiger charge is -2.12. The summed E-state index contributed by atoms with van der Waals surface area (Å²) in [5, 5.41) is 37.4. The van der Waals surface area contributed by atoms with Crippen molar-refractivity contribution in [1.29, 1.82) is 21.0 Å². The average Bonchev–Trinajstić information content (AvgIpc) is 2.54. The maximum atomic E-state index is 9.42. The van der Waals surface area contributed by atoms with Gasteiger partial charge in [0, 0.05) is 5.39 Å². The zero-order valence-corrected chi connectivity index (χ0v) is 12.7. The third-order valence-electron chi connectivity index (χ3n) is 3.29. The fraction of sp³-hybridized carbons (Fsp3) is 0.133. The number of hydrogen-bond donors (Lipinski definition) is 0. The van der Waals surface area contributed by atoms with Crippen LogP contribution in [0.5, 0.6) is 0 Å². The first-order valence-corrected chi connectivity index (χ1v) is 6.81. The number of nitrogens with zero attached hydrogens (tertiary/aromatic N) is 5. The van der Waals surface area contributed by atoms with Crippen LogP contribution in [0.3, 0.4) is 0 Å². The zero-order valence-electron chi connectivity index (χ0n) is 11.2. The Kier molecular flexibility index (Phi) is 4.16. The summed E-state index contributed by atoms with van der Waals surface area (Å²) in [6.45, 7) is 1.65. The summed E-state index contributed by atoms with van der Waals surface area (Å²) in [6, 6.07) is 7.49. The van der Waals surface area contributed by atoms with Gasteiger partial charge in [-0.25, -0.2) is 4.98 Å². The third-order valence-corrected chi connectivity index (χ3v) is 3.91. The van der Waals surface area contributed by atoms with Crippen molar-refractivity contribution in [2.75, 3.05) is 0 Å². The van der Waals surface area contributed by atoms with Crippen LogP contribution >= 0.6 is 23.2 Å². The number of benzene rings is 1. The molecule has 1 heterocycles. The number of fused-ring (bicyclic) bond motifs is 1. The van der Waals surface area contributed by atoms with Crippen LogP contribution in [0.15, 0.2) is 0 Å². The number of nitriles is 4. The SMILES string of the molecule is Cc1c(CCl)nc2c(Cl)c(C#N)c(C#N)c(C#N)c2c1C#N. The van der Waals surface area contributed by atoms with Gasteiger partial charge in [-0.15, -0.1) is 11.6 Å². The molecule has 0 aliphatic rings. The summed E-state index contributed by atoms with van der Waals surface area (Å²) >= 11 is 12.0. The maximum absolute atomic E-state index is 9.42. The van der Waals surface area contributed by atoms with Crippen molar-refractivity contribution in [1.82, 2.24) is 4.98 Å². The van der Waals surface area contributed by atoms with Gasteiger partial charge in [-0.2, -0.15) is 21.0 Å². The largest absolute Gasteiger partial charge is 0.250 e. The lowest BCUT2D eigenvalue weighted by molar-refractivity contribution is 1.15. The molecule has 0 bridgehead atoms. The minimum Gasteiger partial charge on any atom is -0.250 e. The van der Waals surface area contributed by atoms with Gasteiger partial charge in [-0.1, -0.05) is 11.6 Å². The van der Waals surface area contributed by atoms with Crippen LogP contribution in [-0.2, 0) is 5.88 Å². The van der Waals surface area contributed by atoms with E-state index in [9.17, 15) is 21.0 Å². The Morgan fingerprint density at radius 2 is 1.45 bits per heavy atom. The molecule has 2 rings (SSSR count). The molecule has 0 spiro atoms. The Morgan fingerprint density at radius 3 is 1.91 bits per heavy atom. The quantitative estimate of drug-likeness (QED) is 0.746. The normalized spacial score (nSPS) is 9.59. The lowest BCUT2D eigenvalue weighted by Crippen LogP contribution is -2.03. The van der Waals surface area contributed by atoms with Crippen LogP contribution < -0.4 is 0 Å². The molecule has 0 aliphatic heterocycles. The van der Waals surface area contributed by atoms with E-state index in [0.717, 1.165) is 0 Å². The van der Waals surface area contributed by atoms with E-state index in [2.05, 4.69) is 4.98 Å². The summed E-state index contributed by atoms with van der Waals surface area (Å²) in [5.41, 5.74) is 0.905. The second-order valence-corrected chi connectivity index (χ2v) is 4.95. The second kappa shape index (κ2) is 5.88. The monoisotopic (exact) mass is 325 g/mol. The molecule has 5 nitrogen and oxygen atoms in total. The van der Waals surface area contributed by atoms with Gasteiger partial charge in [0.15, 0.2) is 0 Å². The van der Waals surface area contributed by atoms with Crippen molar-refractivity contribution in [2.45, 2.75) is 12.8 Å². The Bertz CT molecular complexity index is 981. The Labute approximate surface area is 136 Å². The summed E-state index contributed by atoms with van der Waals surface area (Å²) < 4.78 is 0. The molecule has 0 atom stereocenters. The molecule has 0 radical (unpaired) electrons. The van der Waals surface area contributed by atoms with Gasteiger partial charge >= 0.3 is 0 Å². The summed E-state index contributed by atoms with van der Waals surface area (Å²) in [7, 11) is 0. The zero-order chi connectivity index (χ0) is 16.4. The fourth-order valence-electron chi connectivity index (χ4n) is 2.20. The number of halogens is 2. The first-order chi connectivity index (χ1) is 10.5. The molecule has 0 saturated carbocycles. The highest BCUT2D eigenvalue weighted by Gasteiger charge is 2.24. The molecule has 1 aromatic carbocycles. The highest BCUT2D eigenvalue weighted by molar-refractivity contribution is 6.37. The molecule has 0 aliphatic carbocycles. The van der Waals surface area contributed by atoms with Crippen LogP contribution in [0, 0.1) is 52.2 Å². The van der Waals surface area contributed by atoms with Crippen molar-refractivity contribution in [3.63, 3.8) is 0 Å². The molecular weight excluding hydrogens is 321 g/mol. The molecule has 0 N–H and O–H groups in total. The van der Waals surface area contributed by atoms with E-state index in [1.807, 2.05) is 18.2 Å². The van der Waals surface area contributed by atoms with Crippen LogP contribution in [0.4, 0.5) is 0 Å². The maximum Gasteiger partial charge on any atom is 0.102 e. The minimum atomic E-state index is -0.154. The van der Waals surface area contributed by atoms with Crippen molar-refractivity contribution in [2.24, 2.45) is 0 Å². The lowest BCUT2D eigenvalue weighted by atomic mass is 9.93. The highest BCUT2D eigenvalue weighted by atomic mass is 35.5. The number of alkyl halides is 1. The summed E-state index contributed by atoms with van der Waals surface area (Å²) in [4.78, 5) is 4.27. The standard InChI is InChI=1S/C15H5Cl2N5/c1-7-8(3-18)13-10(5-20)9(4-19)11(6-21)14(17)15(13)22-12(7)2-16/h2H2,1H3. The number of aromatic nitrogens is 1. The van der Waals surface area contributed by atoms with E-state index in [4.69, 9.17) is 23.2 Å². The summed E-state index contributed by atoms with van der Waals surface area (Å²) in [6.07, 6.45) is 0. The first-order valence-electron chi connectivity index (χ1n) is 5.90. The Balaban J connectivity index is 3.29. The van der Waals surface area contributed by atoms with Gasteiger partial charge in [0.2, 0.25) is 0 Å². The Hall–Kier alpha value is -2.83. The minimum absolute atomic E-state index is 0.0521. The van der Waals surface area contributed by atoms with Crippen molar-refractivity contribution < 1.29 is 0 Å². The van der Waals surface area contributed by atoms with E-state index in [-0.39, 0.29) is 44.1 Å². The van der Waals surface area contributed by atoms with Crippen molar-refractivity contribution in [3.8, 4) is 24.3 Å². The fourth-order valence-corrected chi connectivity index (χ4v) is 2.74. The van der Waals surface area contributed by atoms with Crippen LogP contribution in [0.2, 0.25) is 5.02 Å². The van der Waals surface area contributed by atoms with Gasteiger partial charge in [0.05, 0.1) is 44.4 Å². The number of hydrogen-bond acceptors (Lipinski definition) is 5. The smallest absolute Gasteiger partial charge is 0.102 e. The van der Waals surface area contributed by atoms with E-state index in [1.165, 1.54) is 0 Å². The molecule has 0 saturated heterocycles. The molecular formula is C15H5Cl2N5. The topological polar surface area (TPSA) is 108 Å². The van der Waals surface area contributed by atoms with Crippen molar-refractivity contribution >= 4 is 34.1 Å². The van der Waals surface area contributed by atoms with Gasteiger partial charge in [0.25, 0.3) is 0 Å². The molecule has 0 fully saturated rings. The average molecular weight is 326 g/mol. The molecule has 2 aromatic rings. The third kappa shape index (κ3) is 2.02. The van der Waals surface area contributed by atoms with E-state index in [0.29, 0.717) is 11.3 Å². The Morgan fingerprint density at radius 1 is 0.909 bits per heavy atom. The molecule has 7 heteroatoms. The number of pyridine rings is 1. The highest BCUT2D eigenvalue weighted by Crippen LogP contribution is 2.36. The van der Waals surface area contributed by atoms with E-state index < -0.39 is 0 Å². The first kappa shape index (κ1) is 15.6. The molecule has 1 aromatic heterocycles. The van der Waals surface area contributed by atoms with Gasteiger partial charge < -0.3 is 0 Å². The van der Waals surface area contributed by atoms with Crippen LogP contribution in [0.25, 0.3) is 10.9 Å². The van der Waals surface area contributed by atoms with Gasteiger partial charge in [0.1, 0.15) is 24.3 Å². The van der Waals surface area contributed by atoms with E-state index in [1.54, 1.807) is 13.0 Å². The summed E-state index contributed by atoms with van der Waals surface area (Å²) in [5.74, 6) is 0.0521. The predicted molar refractivity (Wildman–Crippen MR) is 79.9 cm³/mol. The molecule has 22 heavy (non-hydrogen) atoms. The van der Waals surface area contributed by atoms with E-state index >= 15 is 0 Å². The second-order valence-electron chi connectivity index (χ2n) is 4.30. The van der Waals surface area contributed by atoms with Crippen LogP contribution in [0.1, 0.15) is 33.5 Å². The number of rotatable bonds is 1. The van der Waals surface area contributed by atoms with Gasteiger partial charge in [-0.3, -0.25) is 0 Å². The molecule has 0 amide bonds.